The normalized spacial score (nSPS) is 21.1. The molecular formula is C39H45F3N8O3. The number of aromatic nitrogens is 3. The highest BCUT2D eigenvalue weighted by Crippen LogP contribution is 2.39. The summed E-state index contributed by atoms with van der Waals surface area (Å²) in [5.41, 5.74) is 3.19. The number of hydrogen-bond acceptors (Lipinski definition) is 10. The van der Waals surface area contributed by atoms with Crippen molar-refractivity contribution in [3.63, 3.8) is 0 Å². The SMILES string of the molecule is C#Cc1c(F)ccc2cc(OC(=O)N(C)C[C@@H]3CCCN3)cc(-c3ncc4c(N5CCCCCN5)nc(OC[C@@H]5CCCNC[C@H](F)C5)nc4c3F)c12. The molecule has 3 saturated heterocycles. The summed E-state index contributed by atoms with van der Waals surface area (Å²) in [4.78, 5) is 28.5. The second-order valence-corrected chi connectivity index (χ2v) is 14.2. The summed E-state index contributed by atoms with van der Waals surface area (Å²) < 4.78 is 58.8. The van der Waals surface area contributed by atoms with Crippen molar-refractivity contribution in [2.45, 2.75) is 63.6 Å². The minimum atomic E-state index is -1.00. The molecule has 0 saturated carbocycles. The van der Waals surface area contributed by atoms with Gasteiger partial charge in [0.25, 0.3) is 0 Å². The van der Waals surface area contributed by atoms with Gasteiger partial charge in [-0.25, -0.2) is 23.4 Å². The fourth-order valence-electron chi connectivity index (χ4n) is 7.50. The third-order valence-electron chi connectivity index (χ3n) is 10.2. The molecule has 4 aromatic rings. The quantitative estimate of drug-likeness (QED) is 0.190. The molecule has 1 amide bonds. The Labute approximate surface area is 307 Å². The molecule has 7 rings (SSSR count). The summed E-state index contributed by atoms with van der Waals surface area (Å²) in [5.74, 6) is 1.39. The van der Waals surface area contributed by atoms with Crippen LogP contribution in [0.25, 0.3) is 32.9 Å². The number of ether oxygens (including phenoxy) is 2. The lowest BCUT2D eigenvalue weighted by Crippen LogP contribution is -2.39. The number of hydrogen-bond donors (Lipinski definition) is 3. The van der Waals surface area contributed by atoms with Crippen LogP contribution in [0, 0.1) is 29.9 Å². The molecule has 0 radical (unpaired) electrons. The van der Waals surface area contributed by atoms with Crippen LogP contribution in [0.15, 0.2) is 30.5 Å². The topological polar surface area (TPSA) is 117 Å². The zero-order valence-electron chi connectivity index (χ0n) is 29.9. The molecule has 280 valence electrons. The lowest BCUT2D eigenvalue weighted by Gasteiger charge is -2.25. The van der Waals surface area contributed by atoms with Gasteiger partial charge >= 0.3 is 12.1 Å². The van der Waals surface area contributed by atoms with Gasteiger partial charge in [-0.15, -0.1) is 6.42 Å². The number of pyridine rings is 1. The van der Waals surface area contributed by atoms with E-state index in [4.69, 9.17) is 20.9 Å². The minimum absolute atomic E-state index is 0.0483. The number of anilines is 1. The maximum absolute atomic E-state index is 17.1. The van der Waals surface area contributed by atoms with Gasteiger partial charge in [0.05, 0.1) is 17.6 Å². The van der Waals surface area contributed by atoms with Crippen molar-refractivity contribution in [3.05, 3.63) is 47.7 Å². The van der Waals surface area contributed by atoms with Gasteiger partial charge in [-0.3, -0.25) is 9.99 Å². The molecule has 0 bridgehead atoms. The van der Waals surface area contributed by atoms with E-state index in [0.717, 1.165) is 58.0 Å². The Hall–Kier alpha value is -4.71. The van der Waals surface area contributed by atoms with Crippen molar-refractivity contribution in [2.24, 2.45) is 5.92 Å². The molecular weight excluding hydrogens is 685 g/mol. The van der Waals surface area contributed by atoms with E-state index in [1.807, 2.05) is 5.01 Å². The third kappa shape index (κ3) is 8.27. The van der Waals surface area contributed by atoms with Crippen LogP contribution in [0.2, 0.25) is 0 Å². The molecule has 3 atom stereocenters. The Morgan fingerprint density at radius 3 is 2.79 bits per heavy atom. The van der Waals surface area contributed by atoms with Crippen molar-refractivity contribution in [1.82, 2.24) is 35.9 Å². The Morgan fingerprint density at radius 1 is 1.09 bits per heavy atom. The number of alkyl halides is 1. The molecule has 14 heteroatoms. The number of likely N-dealkylation sites (N-methyl/N-ethyl adjacent to an activating group) is 1. The average molecular weight is 731 g/mol. The second kappa shape index (κ2) is 16.5. The monoisotopic (exact) mass is 730 g/mol. The van der Waals surface area contributed by atoms with Gasteiger partial charge in [-0.1, -0.05) is 18.4 Å². The van der Waals surface area contributed by atoms with Crippen molar-refractivity contribution < 1.29 is 27.4 Å². The first kappa shape index (κ1) is 36.6. The summed E-state index contributed by atoms with van der Waals surface area (Å²) in [6.07, 6.45) is 12.5. The highest BCUT2D eigenvalue weighted by molar-refractivity contribution is 6.03. The number of fused-ring (bicyclic) bond motifs is 2. The van der Waals surface area contributed by atoms with E-state index in [1.165, 1.54) is 29.3 Å². The van der Waals surface area contributed by atoms with Crippen molar-refractivity contribution >= 4 is 33.6 Å². The first-order chi connectivity index (χ1) is 25.8. The molecule has 11 nitrogen and oxygen atoms in total. The van der Waals surface area contributed by atoms with Crippen LogP contribution in [0.3, 0.4) is 0 Å². The zero-order valence-corrected chi connectivity index (χ0v) is 29.9. The molecule has 2 aromatic heterocycles. The van der Waals surface area contributed by atoms with Crippen LogP contribution in [0.1, 0.15) is 56.9 Å². The van der Waals surface area contributed by atoms with Gasteiger partial charge in [0.15, 0.2) is 11.6 Å². The van der Waals surface area contributed by atoms with E-state index < -0.39 is 23.9 Å². The lowest BCUT2D eigenvalue weighted by atomic mass is 9.95. The number of carbonyl (C=O) groups is 1. The van der Waals surface area contributed by atoms with Gasteiger partial charge in [0, 0.05) is 56.4 Å². The van der Waals surface area contributed by atoms with Gasteiger partial charge in [-0.2, -0.15) is 9.97 Å². The molecule has 3 N–H and O–H groups in total. The third-order valence-corrected chi connectivity index (χ3v) is 10.2. The van der Waals surface area contributed by atoms with E-state index in [-0.39, 0.29) is 58.1 Å². The molecule has 0 aliphatic carbocycles. The van der Waals surface area contributed by atoms with Crippen molar-refractivity contribution in [3.8, 4) is 35.4 Å². The van der Waals surface area contributed by atoms with E-state index >= 15 is 8.78 Å². The summed E-state index contributed by atoms with van der Waals surface area (Å²) in [7, 11) is 1.65. The fraction of sp³-hybridized carbons (Fsp3) is 0.487. The maximum Gasteiger partial charge on any atom is 0.415 e. The number of amides is 1. The fourth-order valence-corrected chi connectivity index (χ4v) is 7.50. The van der Waals surface area contributed by atoms with Crippen LogP contribution < -0.4 is 30.5 Å². The molecule has 53 heavy (non-hydrogen) atoms. The largest absolute Gasteiger partial charge is 0.463 e. The number of benzene rings is 2. The lowest BCUT2D eigenvalue weighted by molar-refractivity contribution is 0.159. The van der Waals surface area contributed by atoms with E-state index in [0.29, 0.717) is 49.2 Å². The van der Waals surface area contributed by atoms with Crippen molar-refractivity contribution in [1.29, 1.82) is 0 Å². The summed E-state index contributed by atoms with van der Waals surface area (Å²) >= 11 is 0. The van der Waals surface area contributed by atoms with Crippen LogP contribution in [0.4, 0.5) is 23.8 Å². The van der Waals surface area contributed by atoms with E-state index in [9.17, 15) is 9.18 Å². The maximum atomic E-state index is 17.1. The predicted octanol–water partition coefficient (Wildman–Crippen LogP) is 5.89. The Balaban J connectivity index is 1.31. The van der Waals surface area contributed by atoms with Crippen molar-refractivity contribution in [2.75, 3.05) is 57.9 Å². The summed E-state index contributed by atoms with van der Waals surface area (Å²) in [6, 6.07) is 5.87. The second-order valence-electron chi connectivity index (χ2n) is 14.2. The molecule has 5 heterocycles. The number of terminal acetylenes is 1. The number of nitrogens with zero attached hydrogens (tertiary/aromatic N) is 5. The van der Waals surface area contributed by atoms with Gasteiger partial charge in [0.2, 0.25) is 0 Å². The zero-order chi connectivity index (χ0) is 36.9. The van der Waals surface area contributed by atoms with Crippen LogP contribution >= 0.6 is 0 Å². The van der Waals surface area contributed by atoms with Gasteiger partial charge < -0.3 is 25.0 Å². The Bertz CT molecular complexity index is 2000. The van der Waals surface area contributed by atoms with Gasteiger partial charge in [-0.05, 0) is 87.5 Å². The number of carbonyl (C=O) groups excluding carboxylic acids is 1. The minimum Gasteiger partial charge on any atom is -0.463 e. The molecule has 3 aliphatic heterocycles. The van der Waals surface area contributed by atoms with Gasteiger partial charge in [0.1, 0.15) is 28.9 Å². The van der Waals surface area contributed by atoms with Crippen LogP contribution in [0.5, 0.6) is 11.8 Å². The predicted molar refractivity (Wildman–Crippen MR) is 198 cm³/mol. The number of rotatable bonds is 8. The van der Waals surface area contributed by atoms with Crippen LogP contribution in [-0.4, -0.2) is 91.1 Å². The van der Waals surface area contributed by atoms with E-state index in [1.54, 1.807) is 13.1 Å². The smallest absolute Gasteiger partial charge is 0.415 e. The molecule has 3 fully saturated rings. The first-order valence-corrected chi connectivity index (χ1v) is 18.5. The summed E-state index contributed by atoms with van der Waals surface area (Å²) in [6.45, 7) is 3.86. The summed E-state index contributed by atoms with van der Waals surface area (Å²) in [5, 5.41) is 9.35. The molecule has 0 unspecified atom stereocenters. The van der Waals surface area contributed by atoms with Crippen LogP contribution in [-0.2, 0) is 0 Å². The van der Waals surface area contributed by atoms with E-state index in [2.05, 4.69) is 31.9 Å². The molecule has 2 aromatic carbocycles. The first-order valence-electron chi connectivity index (χ1n) is 18.5. The highest BCUT2D eigenvalue weighted by Gasteiger charge is 2.27. The molecule has 0 spiro atoms. The average Bonchev–Trinajstić information content (AvgIpc) is 3.51. The number of hydrazine groups is 1. The Morgan fingerprint density at radius 2 is 1.96 bits per heavy atom. The Kier molecular flexibility index (Phi) is 11.4. The molecule has 3 aliphatic rings. The standard InChI is InChI=1S/C39H45F3N8O3/c1-3-29-32(41)12-11-25-18-28(53-39(51)49(2)22-27-10-8-14-44-27)19-30(33(25)29)35-34(42)36-31(21-45-35)37(50-16-6-4-5-15-46-50)48-38(47-36)52-23-24-9-7-13-43-20-26(40)17-24/h1,11-12,18-19,21,24,26-27,43-44,46H,4-10,13-17,20,22-23H2,2H3/t24-,26-,27+/m1/s1. The number of nitrogens with one attached hydrogen (secondary N) is 3. The highest BCUT2D eigenvalue weighted by atomic mass is 19.1. The number of halogens is 3.